The summed E-state index contributed by atoms with van der Waals surface area (Å²) in [5.41, 5.74) is 7.61. The molecule has 1 aliphatic rings. The summed E-state index contributed by atoms with van der Waals surface area (Å²) in [5.74, 6) is -2.54. The molecule has 1 aromatic heterocycles. The Morgan fingerprint density at radius 1 is 1.05 bits per heavy atom. The Balaban J connectivity index is 2.08. The second-order valence-electron chi connectivity index (χ2n) is 5.72. The normalized spacial score (nSPS) is 20.9. The molecule has 1 aliphatic carbocycles. The van der Waals surface area contributed by atoms with E-state index in [4.69, 9.17) is 5.73 Å². The van der Waals surface area contributed by atoms with Crippen molar-refractivity contribution in [3.63, 3.8) is 0 Å². The average Bonchev–Trinajstić information content (AvgIpc) is 2.48. The van der Waals surface area contributed by atoms with E-state index in [1.54, 1.807) is 6.20 Å². The molecule has 2 nitrogen and oxygen atoms in total. The van der Waals surface area contributed by atoms with Crippen LogP contribution in [0, 0.1) is 0 Å². The third-order valence-corrected chi connectivity index (χ3v) is 4.55. The Morgan fingerprint density at radius 2 is 1.75 bits per heavy atom. The first kappa shape index (κ1) is 13.4. The molecule has 0 saturated heterocycles. The molecule has 20 heavy (non-hydrogen) atoms. The van der Waals surface area contributed by atoms with Crippen LogP contribution in [0.4, 0.5) is 8.78 Å². The summed E-state index contributed by atoms with van der Waals surface area (Å²) < 4.78 is 26.9. The zero-order chi connectivity index (χ0) is 14.2. The predicted molar refractivity (Wildman–Crippen MR) is 75.9 cm³/mol. The number of hydrogen-bond acceptors (Lipinski definition) is 2. The molecule has 0 bridgehead atoms. The SMILES string of the molecule is NCC1(c2ccnc3ccccc23)CCC(F)(F)CC1. The van der Waals surface area contributed by atoms with Crippen LogP contribution in [-0.2, 0) is 5.41 Å². The summed E-state index contributed by atoms with van der Waals surface area (Å²) in [6.45, 7) is 0.400. The Labute approximate surface area is 117 Å². The molecule has 3 rings (SSSR count). The van der Waals surface area contributed by atoms with Gasteiger partial charge in [-0.05, 0) is 30.5 Å². The van der Waals surface area contributed by atoms with Gasteiger partial charge in [-0.3, -0.25) is 4.98 Å². The summed E-state index contributed by atoms with van der Waals surface area (Å²) in [7, 11) is 0. The third-order valence-electron chi connectivity index (χ3n) is 4.55. The van der Waals surface area contributed by atoms with Crippen molar-refractivity contribution in [2.45, 2.75) is 37.0 Å². The van der Waals surface area contributed by atoms with Crippen molar-refractivity contribution in [3.05, 3.63) is 42.1 Å². The first-order valence-corrected chi connectivity index (χ1v) is 6.99. The number of rotatable bonds is 2. The molecule has 1 aromatic carbocycles. The highest BCUT2D eigenvalue weighted by Gasteiger charge is 2.44. The van der Waals surface area contributed by atoms with E-state index in [-0.39, 0.29) is 18.3 Å². The number of nitrogens with two attached hydrogens (primary N) is 1. The molecule has 1 fully saturated rings. The molecule has 1 heterocycles. The van der Waals surface area contributed by atoms with Crippen molar-refractivity contribution in [3.8, 4) is 0 Å². The number of fused-ring (bicyclic) bond motifs is 1. The summed E-state index contributed by atoms with van der Waals surface area (Å²) in [4.78, 5) is 4.34. The third kappa shape index (κ3) is 2.18. The van der Waals surface area contributed by atoms with Crippen molar-refractivity contribution < 1.29 is 8.78 Å². The lowest BCUT2D eigenvalue weighted by atomic mass is 9.67. The van der Waals surface area contributed by atoms with Gasteiger partial charge in [0.25, 0.3) is 0 Å². The predicted octanol–water partition coefficient (Wildman–Crippen LogP) is 3.64. The van der Waals surface area contributed by atoms with E-state index in [2.05, 4.69) is 4.98 Å². The van der Waals surface area contributed by atoms with Crippen LogP contribution >= 0.6 is 0 Å². The van der Waals surface area contributed by atoms with Crippen molar-refractivity contribution >= 4 is 10.9 Å². The van der Waals surface area contributed by atoms with E-state index >= 15 is 0 Å². The summed E-state index contributed by atoms with van der Waals surface area (Å²) in [6, 6.07) is 9.78. The second-order valence-corrected chi connectivity index (χ2v) is 5.72. The maximum Gasteiger partial charge on any atom is 0.248 e. The van der Waals surface area contributed by atoms with Crippen LogP contribution in [-0.4, -0.2) is 17.5 Å². The lowest BCUT2D eigenvalue weighted by molar-refractivity contribution is -0.0507. The first-order chi connectivity index (χ1) is 9.56. The molecule has 0 unspecified atom stereocenters. The van der Waals surface area contributed by atoms with Gasteiger partial charge >= 0.3 is 0 Å². The van der Waals surface area contributed by atoms with Gasteiger partial charge in [-0.25, -0.2) is 8.78 Å². The molecular weight excluding hydrogens is 258 g/mol. The van der Waals surface area contributed by atoms with Crippen LogP contribution in [0.25, 0.3) is 10.9 Å². The summed E-state index contributed by atoms with van der Waals surface area (Å²) in [5, 5.41) is 1.03. The lowest BCUT2D eigenvalue weighted by Gasteiger charge is -2.40. The quantitative estimate of drug-likeness (QED) is 0.909. The largest absolute Gasteiger partial charge is 0.330 e. The molecule has 1 saturated carbocycles. The number of para-hydroxylation sites is 1. The summed E-state index contributed by atoms with van der Waals surface area (Å²) >= 11 is 0. The molecule has 0 radical (unpaired) electrons. The van der Waals surface area contributed by atoms with E-state index in [1.807, 2.05) is 30.3 Å². The van der Waals surface area contributed by atoms with Crippen molar-refractivity contribution in [1.82, 2.24) is 4.98 Å². The van der Waals surface area contributed by atoms with E-state index in [0.29, 0.717) is 19.4 Å². The van der Waals surface area contributed by atoms with Crippen LogP contribution in [0.1, 0.15) is 31.2 Å². The molecule has 2 aromatic rings. The fourth-order valence-electron chi connectivity index (χ4n) is 3.24. The van der Waals surface area contributed by atoms with Gasteiger partial charge in [-0.1, -0.05) is 18.2 Å². The highest BCUT2D eigenvalue weighted by atomic mass is 19.3. The Morgan fingerprint density at radius 3 is 2.45 bits per heavy atom. The van der Waals surface area contributed by atoms with Crippen LogP contribution in [0.15, 0.2) is 36.5 Å². The van der Waals surface area contributed by atoms with Crippen LogP contribution in [0.5, 0.6) is 0 Å². The maximum atomic E-state index is 13.5. The Kier molecular flexibility index (Phi) is 3.21. The minimum absolute atomic E-state index is 0.0825. The lowest BCUT2D eigenvalue weighted by Crippen LogP contribution is -2.42. The minimum Gasteiger partial charge on any atom is -0.330 e. The highest BCUT2D eigenvalue weighted by molar-refractivity contribution is 5.83. The number of nitrogens with zero attached hydrogens (tertiary/aromatic N) is 1. The molecule has 4 heteroatoms. The minimum atomic E-state index is -2.54. The molecule has 2 N–H and O–H groups in total. The topological polar surface area (TPSA) is 38.9 Å². The first-order valence-electron chi connectivity index (χ1n) is 6.99. The standard InChI is InChI=1S/C16H18F2N2/c17-16(18)8-6-15(11-19,7-9-16)13-5-10-20-14-4-2-1-3-12(13)14/h1-5,10H,6-9,11,19H2. The zero-order valence-electron chi connectivity index (χ0n) is 11.3. The molecule has 0 atom stereocenters. The molecule has 0 amide bonds. The van der Waals surface area contributed by atoms with Crippen molar-refractivity contribution in [1.29, 1.82) is 0 Å². The van der Waals surface area contributed by atoms with Gasteiger partial charge < -0.3 is 5.73 Å². The van der Waals surface area contributed by atoms with Gasteiger partial charge in [0.15, 0.2) is 0 Å². The van der Waals surface area contributed by atoms with Gasteiger partial charge in [-0.15, -0.1) is 0 Å². The monoisotopic (exact) mass is 276 g/mol. The second kappa shape index (κ2) is 4.77. The molecule has 0 aliphatic heterocycles. The van der Waals surface area contributed by atoms with Crippen LogP contribution < -0.4 is 5.73 Å². The van der Waals surface area contributed by atoms with Gasteiger partial charge in [0, 0.05) is 36.4 Å². The van der Waals surface area contributed by atoms with Gasteiger partial charge in [-0.2, -0.15) is 0 Å². The number of alkyl halides is 2. The number of hydrogen-bond donors (Lipinski definition) is 1. The van der Waals surface area contributed by atoms with Crippen molar-refractivity contribution in [2.75, 3.05) is 6.54 Å². The maximum absolute atomic E-state index is 13.5. The fourth-order valence-corrected chi connectivity index (χ4v) is 3.24. The highest BCUT2D eigenvalue weighted by Crippen LogP contribution is 2.46. The van der Waals surface area contributed by atoms with E-state index in [9.17, 15) is 8.78 Å². The Hall–Kier alpha value is -1.55. The van der Waals surface area contributed by atoms with Crippen LogP contribution in [0.3, 0.4) is 0 Å². The number of halogens is 2. The number of benzene rings is 1. The summed E-state index contributed by atoms with van der Waals surface area (Å²) in [6.07, 6.45) is 2.46. The molecular formula is C16H18F2N2. The van der Waals surface area contributed by atoms with Crippen molar-refractivity contribution in [2.24, 2.45) is 5.73 Å². The molecule has 0 spiro atoms. The molecule has 106 valence electrons. The smallest absolute Gasteiger partial charge is 0.248 e. The van der Waals surface area contributed by atoms with Gasteiger partial charge in [0.05, 0.1) is 5.52 Å². The number of pyridine rings is 1. The van der Waals surface area contributed by atoms with Crippen LogP contribution in [0.2, 0.25) is 0 Å². The van der Waals surface area contributed by atoms with E-state index in [1.165, 1.54) is 0 Å². The average molecular weight is 276 g/mol. The van der Waals surface area contributed by atoms with E-state index in [0.717, 1.165) is 16.5 Å². The van der Waals surface area contributed by atoms with Gasteiger partial charge in [0.1, 0.15) is 0 Å². The zero-order valence-corrected chi connectivity index (χ0v) is 11.3. The van der Waals surface area contributed by atoms with Gasteiger partial charge in [0.2, 0.25) is 5.92 Å². The Bertz CT molecular complexity index is 609. The fraction of sp³-hybridized carbons (Fsp3) is 0.438. The number of aromatic nitrogens is 1. The van der Waals surface area contributed by atoms with E-state index < -0.39 is 5.92 Å².